The van der Waals surface area contributed by atoms with E-state index in [0.717, 1.165) is 0 Å². The molecule has 9 heavy (non-hydrogen) atoms. The maximum atomic E-state index is 0. The third-order valence-corrected chi connectivity index (χ3v) is 0. The van der Waals surface area contributed by atoms with Gasteiger partial charge in [0.15, 0.2) is 0 Å². The van der Waals surface area contributed by atoms with Crippen molar-refractivity contribution in [3.05, 3.63) is 0 Å². The van der Waals surface area contributed by atoms with E-state index in [2.05, 4.69) is 0 Å². The molecule has 0 aliphatic heterocycles. The minimum absolute atomic E-state index is 0. The predicted molar refractivity (Wildman–Crippen MR) is 4.28 cm³/mol. The van der Waals surface area contributed by atoms with Crippen molar-refractivity contribution in [3.8, 4) is 0 Å². The molecule has 0 saturated heterocycles. The normalized spacial score (nSPS) is 0. The first-order chi connectivity index (χ1) is 0. The summed E-state index contributed by atoms with van der Waals surface area (Å²) >= 11 is 0. The summed E-state index contributed by atoms with van der Waals surface area (Å²) < 4.78 is 0. The molecule has 0 N–H and O–H groups in total. The minimum Gasteiger partial charge on any atom is -2.00 e. The second-order valence-corrected chi connectivity index (χ2v) is 0. The van der Waals surface area contributed by atoms with E-state index in [4.69, 9.17) is 0 Å². The first kappa shape index (κ1) is 155. The van der Waals surface area contributed by atoms with Gasteiger partial charge in [-0.15, -0.1) is 0 Å². The van der Waals surface area contributed by atoms with Crippen LogP contribution in [-0.2, 0) is 83.5 Å². The summed E-state index contributed by atoms with van der Waals surface area (Å²) in [5, 5.41) is 0. The molecule has 0 spiro atoms. The van der Waals surface area contributed by atoms with Crippen LogP contribution in [0.2, 0.25) is 0 Å². The molecule has 0 aromatic heterocycles. The SMILES string of the molecule is [Fe+3].[Fe+3].[H-].[H-].[Li+].[Li+].[Ni].[Ni].[O-2].[O-2].[O-2]. The summed E-state index contributed by atoms with van der Waals surface area (Å²) in [6.45, 7) is 0. The summed E-state index contributed by atoms with van der Waals surface area (Å²) in [4.78, 5) is 0. The van der Waals surface area contributed by atoms with Crippen molar-refractivity contribution in [2.24, 2.45) is 0 Å². The second-order valence-electron chi connectivity index (χ2n) is 0. The van der Waals surface area contributed by atoms with Crippen molar-refractivity contribution in [2.45, 2.75) is 0 Å². The molecule has 0 aromatic rings. The molecule has 0 unspecified atom stereocenters. The number of hydrogen-bond donors (Lipinski definition) is 0. The van der Waals surface area contributed by atoms with E-state index in [9.17, 15) is 0 Å². The summed E-state index contributed by atoms with van der Waals surface area (Å²) in [6, 6.07) is 0. The first-order valence-electron chi connectivity index (χ1n) is 0. The van der Waals surface area contributed by atoms with Gasteiger partial charge >= 0.3 is 71.9 Å². The Morgan fingerprint density at radius 2 is 0.556 bits per heavy atom. The Morgan fingerprint density at radius 3 is 0.556 bits per heavy atom. The summed E-state index contributed by atoms with van der Waals surface area (Å²) in [5.41, 5.74) is 0. The Bertz CT molecular complexity index is 25.3. The van der Waals surface area contributed by atoms with Gasteiger partial charge < -0.3 is 19.3 Å². The Morgan fingerprint density at radius 1 is 0.556 bits per heavy atom. The van der Waals surface area contributed by atoms with Gasteiger partial charge in [-0.3, -0.25) is 0 Å². The fourth-order valence-corrected chi connectivity index (χ4v) is 0. The zero-order valence-corrected chi connectivity index (χ0v) is 8.75. The van der Waals surface area contributed by atoms with Crippen LogP contribution in [-0.4, -0.2) is 0 Å². The van der Waals surface area contributed by atoms with E-state index in [0.29, 0.717) is 0 Å². The largest absolute Gasteiger partial charge is 3.00 e. The molecule has 0 aromatic carbocycles. The molecular weight excluding hydrogens is 291 g/mol. The van der Waals surface area contributed by atoms with E-state index in [1.165, 1.54) is 0 Å². The second kappa shape index (κ2) is 118. The molecule has 58 valence electrons. The van der Waals surface area contributed by atoms with Crippen LogP contribution < -0.4 is 37.7 Å². The zero-order chi connectivity index (χ0) is 0. The number of hydrogen-bond acceptors (Lipinski definition) is 0. The van der Waals surface area contributed by atoms with Crippen LogP contribution in [0.4, 0.5) is 0 Å². The first-order valence-corrected chi connectivity index (χ1v) is 0. The van der Waals surface area contributed by atoms with Crippen LogP contribution in [0, 0.1) is 0 Å². The Hall–Kier alpha value is 3.10. The van der Waals surface area contributed by atoms with Gasteiger partial charge in [0.2, 0.25) is 0 Å². The summed E-state index contributed by atoms with van der Waals surface area (Å²) in [5.74, 6) is 0. The minimum atomic E-state index is 0. The van der Waals surface area contributed by atoms with Crippen molar-refractivity contribution in [1.29, 1.82) is 0 Å². The van der Waals surface area contributed by atoms with Crippen molar-refractivity contribution < 1.29 is 124 Å². The van der Waals surface area contributed by atoms with Crippen molar-refractivity contribution in [2.75, 3.05) is 0 Å². The third kappa shape index (κ3) is 95.6. The molecule has 0 bridgehead atoms. The molecule has 0 aliphatic carbocycles. The molecule has 9 heteroatoms. The molecule has 0 atom stereocenters. The molecule has 0 amide bonds. The maximum Gasteiger partial charge on any atom is 3.00 e. The van der Waals surface area contributed by atoms with Gasteiger partial charge in [0.05, 0.1) is 0 Å². The van der Waals surface area contributed by atoms with Gasteiger partial charge in [-0.2, -0.15) is 0 Å². The van der Waals surface area contributed by atoms with Gasteiger partial charge in [0, 0.05) is 33.0 Å². The fourth-order valence-electron chi connectivity index (χ4n) is 0. The topological polar surface area (TPSA) is 85.5 Å². The molecule has 3 nitrogen and oxygen atoms in total. The van der Waals surface area contributed by atoms with Gasteiger partial charge in [0.25, 0.3) is 0 Å². The molecule has 0 heterocycles. The standard InChI is InChI=1S/2Fe.2Li.2Ni.3O.2H/q2*+3;2*+1;;;3*-2;2*-1. The van der Waals surface area contributed by atoms with Crippen LogP contribution in [0.3, 0.4) is 0 Å². The predicted octanol–water partition coefficient (Wildman–Crippen LogP) is -6.13. The van der Waals surface area contributed by atoms with Crippen LogP contribution in [0.1, 0.15) is 2.85 Å². The van der Waals surface area contributed by atoms with Crippen LogP contribution in [0.25, 0.3) is 0 Å². The molecule has 0 aliphatic rings. The average molecular weight is 293 g/mol. The average Bonchev–Trinajstić information content (AvgIpc) is 0. The molecule has 2 radical (unpaired) electrons. The van der Waals surface area contributed by atoms with Gasteiger partial charge in [0.1, 0.15) is 0 Å². The third-order valence-electron chi connectivity index (χ3n) is 0. The van der Waals surface area contributed by atoms with E-state index >= 15 is 0 Å². The van der Waals surface area contributed by atoms with Gasteiger partial charge in [-0.05, 0) is 0 Å². The van der Waals surface area contributed by atoms with E-state index < -0.39 is 0 Å². The maximum absolute atomic E-state index is 0. The summed E-state index contributed by atoms with van der Waals surface area (Å²) in [7, 11) is 0. The van der Waals surface area contributed by atoms with E-state index in [1.54, 1.807) is 0 Å². The van der Waals surface area contributed by atoms with Gasteiger partial charge in [-0.1, -0.05) is 0 Å². The zero-order valence-electron chi connectivity index (χ0n) is 6.56. The molecular formula is H2Fe2Li2Ni2O3. The van der Waals surface area contributed by atoms with Crippen LogP contribution in [0.5, 0.6) is 0 Å². The molecule has 0 saturated carbocycles. The van der Waals surface area contributed by atoms with Gasteiger partial charge in [-0.25, -0.2) is 0 Å². The Kier molecular flexibility index (Phi) is 2030. The van der Waals surface area contributed by atoms with Crippen molar-refractivity contribution in [1.82, 2.24) is 0 Å². The van der Waals surface area contributed by atoms with E-state index in [-0.39, 0.29) is 124 Å². The monoisotopic (exact) mass is 292 g/mol. The molecule has 0 fully saturated rings. The van der Waals surface area contributed by atoms with Crippen molar-refractivity contribution >= 4 is 0 Å². The van der Waals surface area contributed by atoms with Crippen LogP contribution >= 0.6 is 0 Å². The fraction of sp³-hybridized carbons (Fsp3) is 0. The van der Waals surface area contributed by atoms with Crippen molar-refractivity contribution in [3.63, 3.8) is 0 Å². The Balaban J connectivity index is 0. The quantitative estimate of drug-likeness (QED) is 0.398. The Labute approximate surface area is 123 Å². The smallest absolute Gasteiger partial charge is 2.00 e. The molecule has 0 rings (SSSR count). The number of rotatable bonds is 0. The van der Waals surface area contributed by atoms with E-state index in [1.807, 2.05) is 0 Å². The summed E-state index contributed by atoms with van der Waals surface area (Å²) in [6.07, 6.45) is 0. The van der Waals surface area contributed by atoms with Crippen LogP contribution in [0.15, 0.2) is 0 Å².